The second-order valence-corrected chi connectivity index (χ2v) is 6.73. The van der Waals surface area contributed by atoms with Gasteiger partial charge in [0.15, 0.2) is 0 Å². The molecular weight excluding hydrogens is 266 g/mol. The molecule has 1 N–H and O–H groups in total. The van der Waals surface area contributed by atoms with Gasteiger partial charge in [-0.2, -0.15) is 4.31 Å². The van der Waals surface area contributed by atoms with Crippen LogP contribution in [0, 0.1) is 0 Å². The molecule has 6 nitrogen and oxygen atoms in total. The van der Waals surface area contributed by atoms with Gasteiger partial charge in [-0.3, -0.25) is 4.79 Å². The number of nitrogens with one attached hydrogen (secondary N) is 1. The number of piperazine rings is 1. The normalized spacial score (nSPS) is 22.5. The van der Waals surface area contributed by atoms with Crippen molar-refractivity contribution in [2.75, 3.05) is 26.7 Å². The zero-order chi connectivity index (χ0) is 14.0. The van der Waals surface area contributed by atoms with Crippen LogP contribution in [0.15, 0.2) is 28.0 Å². The summed E-state index contributed by atoms with van der Waals surface area (Å²) in [7, 11) is -1.50. The Kier molecular flexibility index (Phi) is 4.07. The Bertz CT molecular complexity index is 576. The van der Waals surface area contributed by atoms with E-state index in [0.29, 0.717) is 13.1 Å². The Morgan fingerprint density at radius 2 is 2.11 bits per heavy atom. The highest BCUT2D eigenvalue weighted by Crippen LogP contribution is 2.19. The highest BCUT2D eigenvalue weighted by atomic mass is 32.2. The summed E-state index contributed by atoms with van der Waals surface area (Å²) in [6.07, 6.45) is 2.17. The molecule has 106 valence electrons. The van der Waals surface area contributed by atoms with E-state index in [-0.39, 0.29) is 16.5 Å². The monoisotopic (exact) mass is 285 g/mol. The van der Waals surface area contributed by atoms with Crippen LogP contribution in [0.4, 0.5) is 0 Å². The molecule has 19 heavy (non-hydrogen) atoms. The van der Waals surface area contributed by atoms with E-state index >= 15 is 0 Å². The summed E-state index contributed by atoms with van der Waals surface area (Å²) in [5, 5.41) is 0. The van der Waals surface area contributed by atoms with Crippen molar-refractivity contribution in [3.05, 3.63) is 28.7 Å². The quantitative estimate of drug-likeness (QED) is 0.854. The van der Waals surface area contributed by atoms with E-state index in [4.69, 9.17) is 0 Å². The zero-order valence-electron chi connectivity index (χ0n) is 11.2. The summed E-state index contributed by atoms with van der Waals surface area (Å²) in [5.41, 5.74) is -0.302. The molecule has 2 heterocycles. The number of likely N-dealkylation sites (N-methyl/N-ethyl adjacent to an activating group) is 1. The number of rotatable bonds is 3. The minimum atomic E-state index is -3.51. The molecule has 1 aliphatic heterocycles. The molecule has 0 radical (unpaired) electrons. The number of aromatic amines is 1. The average Bonchev–Trinajstić information content (AvgIpc) is 2.39. The molecule has 1 aromatic rings. The van der Waals surface area contributed by atoms with Crippen LogP contribution >= 0.6 is 0 Å². The summed E-state index contributed by atoms with van der Waals surface area (Å²) in [6.45, 7) is 3.75. The molecule has 1 aliphatic rings. The summed E-state index contributed by atoms with van der Waals surface area (Å²) >= 11 is 0. The number of nitrogens with zero attached hydrogens (tertiary/aromatic N) is 2. The maximum absolute atomic E-state index is 12.5. The Morgan fingerprint density at radius 1 is 1.37 bits per heavy atom. The molecule has 1 unspecified atom stereocenters. The molecule has 0 aliphatic carbocycles. The first-order valence-electron chi connectivity index (χ1n) is 6.34. The van der Waals surface area contributed by atoms with Crippen molar-refractivity contribution in [1.82, 2.24) is 14.2 Å². The SMILES string of the molecule is CCC1CN(S(=O)(=O)c2ccc(=O)[nH]c2)CCN1C. The Hall–Kier alpha value is -1.18. The minimum Gasteiger partial charge on any atom is -0.328 e. The Labute approximate surface area is 113 Å². The summed E-state index contributed by atoms with van der Waals surface area (Å²) < 4.78 is 26.4. The first kappa shape index (κ1) is 14.2. The fraction of sp³-hybridized carbons (Fsp3) is 0.583. The summed E-state index contributed by atoms with van der Waals surface area (Å²) in [6, 6.07) is 2.83. The van der Waals surface area contributed by atoms with Gasteiger partial charge in [-0.25, -0.2) is 8.42 Å². The van der Waals surface area contributed by atoms with E-state index in [2.05, 4.69) is 16.8 Å². The van der Waals surface area contributed by atoms with E-state index < -0.39 is 10.0 Å². The van der Waals surface area contributed by atoms with Crippen molar-refractivity contribution < 1.29 is 8.42 Å². The van der Waals surface area contributed by atoms with Crippen LogP contribution in [0.25, 0.3) is 0 Å². The van der Waals surface area contributed by atoms with Crippen LogP contribution in [-0.2, 0) is 10.0 Å². The number of hydrogen-bond donors (Lipinski definition) is 1. The second-order valence-electron chi connectivity index (χ2n) is 4.79. The number of sulfonamides is 1. The maximum atomic E-state index is 12.5. The lowest BCUT2D eigenvalue weighted by atomic mass is 10.1. The molecule has 0 amide bonds. The zero-order valence-corrected chi connectivity index (χ0v) is 12.0. The highest BCUT2D eigenvalue weighted by molar-refractivity contribution is 7.89. The van der Waals surface area contributed by atoms with Gasteiger partial charge in [-0.15, -0.1) is 0 Å². The van der Waals surface area contributed by atoms with Crippen molar-refractivity contribution in [2.24, 2.45) is 0 Å². The van der Waals surface area contributed by atoms with E-state index in [9.17, 15) is 13.2 Å². The number of hydrogen-bond acceptors (Lipinski definition) is 4. The minimum absolute atomic E-state index is 0.145. The Morgan fingerprint density at radius 3 is 2.68 bits per heavy atom. The molecule has 1 atom stereocenters. The highest BCUT2D eigenvalue weighted by Gasteiger charge is 2.31. The van der Waals surface area contributed by atoms with E-state index in [1.165, 1.54) is 22.6 Å². The molecule has 2 rings (SSSR count). The van der Waals surface area contributed by atoms with Gasteiger partial charge >= 0.3 is 0 Å². The van der Waals surface area contributed by atoms with E-state index in [0.717, 1.165) is 13.0 Å². The van der Waals surface area contributed by atoms with Crippen LogP contribution in [-0.4, -0.2) is 55.3 Å². The fourth-order valence-corrected chi connectivity index (χ4v) is 3.72. The van der Waals surface area contributed by atoms with Crippen molar-refractivity contribution in [3.8, 4) is 0 Å². The first-order chi connectivity index (χ1) is 8.95. The van der Waals surface area contributed by atoms with Gasteiger partial charge < -0.3 is 9.88 Å². The summed E-state index contributed by atoms with van der Waals surface area (Å²) in [4.78, 5) is 15.7. The van der Waals surface area contributed by atoms with Crippen LogP contribution in [0.1, 0.15) is 13.3 Å². The third-order valence-electron chi connectivity index (χ3n) is 3.60. The Balaban J connectivity index is 2.25. The smallest absolute Gasteiger partial charge is 0.247 e. The predicted octanol–water partition coefficient (Wildman–Crippen LogP) is 0.0896. The molecule has 7 heteroatoms. The molecule has 1 saturated heterocycles. The standard InChI is InChI=1S/C12H19N3O3S/c1-3-10-9-15(7-6-14(10)2)19(17,18)11-4-5-12(16)13-8-11/h4-5,8,10H,3,6-7,9H2,1-2H3,(H,13,16). The van der Waals surface area contributed by atoms with Crippen LogP contribution in [0.2, 0.25) is 0 Å². The van der Waals surface area contributed by atoms with Gasteiger partial charge in [0.2, 0.25) is 15.6 Å². The molecule has 0 aromatic carbocycles. The van der Waals surface area contributed by atoms with Crippen molar-refractivity contribution >= 4 is 10.0 Å². The molecule has 0 bridgehead atoms. The lowest BCUT2D eigenvalue weighted by Gasteiger charge is -2.38. The van der Waals surface area contributed by atoms with Gasteiger partial charge in [0.25, 0.3) is 0 Å². The van der Waals surface area contributed by atoms with Gasteiger partial charge in [0.1, 0.15) is 0 Å². The first-order valence-corrected chi connectivity index (χ1v) is 7.78. The lowest BCUT2D eigenvalue weighted by Crippen LogP contribution is -2.52. The van der Waals surface area contributed by atoms with Gasteiger partial charge in [0.05, 0.1) is 4.90 Å². The topological polar surface area (TPSA) is 73.5 Å². The van der Waals surface area contributed by atoms with Gasteiger partial charge in [-0.1, -0.05) is 6.92 Å². The molecule has 1 aromatic heterocycles. The summed E-state index contributed by atoms with van der Waals surface area (Å²) in [5.74, 6) is 0. The lowest BCUT2D eigenvalue weighted by molar-refractivity contribution is 0.144. The number of H-pyrrole nitrogens is 1. The third kappa shape index (κ3) is 2.88. The third-order valence-corrected chi connectivity index (χ3v) is 5.47. The fourth-order valence-electron chi connectivity index (χ4n) is 2.28. The second kappa shape index (κ2) is 5.44. The molecular formula is C12H19N3O3S. The van der Waals surface area contributed by atoms with E-state index in [1.807, 2.05) is 7.05 Å². The number of aromatic nitrogens is 1. The molecule has 0 spiro atoms. The number of pyridine rings is 1. The average molecular weight is 285 g/mol. The van der Waals surface area contributed by atoms with E-state index in [1.54, 1.807) is 0 Å². The van der Waals surface area contributed by atoms with Gasteiger partial charge in [-0.05, 0) is 19.5 Å². The van der Waals surface area contributed by atoms with Gasteiger partial charge in [0, 0.05) is 37.9 Å². The van der Waals surface area contributed by atoms with Crippen LogP contribution in [0.5, 0.6) is 0 Å². The van der Waals surface area contributed by atoms with Crippen molar-refractivity contribution in [2.45, 2.75) is 24.3 Å². The van der Waals surface area contributed by atoms with Crippen LogP contribution in [0.3, 0.4) is 0 Å². The maximum Gasteiger partial charge on any atom is 0.247 e. The van der Waals surface area contributed by atoms with Crippen molar-refractivity contribution in [1.29, 1.82) is 0 Å². The molecule has 0 saturated carbocycles. The van der Waals surface area contributed by atoms with Crippen LogP contribution < -0.4 is 5.56 Å². The van der Waals surface area contributed by atoms with Crippen molar-refractivity contribution in [3.63, 3.8) is 0 Å². The largest absolute Gasteiger partial charge is 0.328 e. The molecule has 1 fully saturated rings. The predicted molar refractivity (Wildman–Crippen MR) is 72.5 cm³/mol.